The molecular weight excluding hydrogens is 355 g/mol. The van der Waals surface area contributed by atoms with Crippen molar-refractivity contribution < 1.29 is 23.5 Å². The number of ether oxygens (including phenoxy) is 1. The molecule has 0 aliphatic carbocycles. The summed E-state index contributed by atoms with van der Waals surface area (Å²) in [7, 11) is 4.50. The number of para-hydroxylation sites is 1. The molecular formula is C18H21FN4O4. The molecule has 1 aromatic carbocycles. The van der Waals surface area contributed by atoms with Crippen LogP contribution in [0.3, 0.4) is 0 Å². The van der Waals surface area contributed by atoms with Crippen molar-refractivity contribution >= 4 is 23.5 Å². The predicted molar refractivity (Wildman–Crippen MR) is 94.9 cm³/mol. The summed E-state index contributed by atoms with van der Waals surface area (Å²) < 4.78 is 19.0. The zero-order chi connectivity index (χ0) is 19.7. The second kappa shape index (κ2) is 7.36. The van der Waals surface area contributed by atoms with Crippen LogP contribution < -0.4 is 5.32 Å². The summed E-state index contributed by atoms with van der Waals surface area (Å²) in [5, 5.41) is 2.53. The van der Waals surface area contributed by atoms with Crippen LogP contribution >= 0.6 is 0 Å². The van der Waals surface area contributed by atoms with Crippen LogP contribution in [0.5, 0.6) is 0 Å². The Bertz CT molecular complexity index is 812. The number of rotatable bonds is 5. The summed E-state index contributed by atoms with van der Waals surface area (Å²) in [6.45, 7) is 0.586. The van der Waals surface area contributed by atoms with E-state index in [0.29, 0.717) is 13.2 Å². The maximum atomic E-state index is 13.9. The number of benzene rings is 1. The minimum absolute atomic E-state index is 0.0397. The molecule has 4 amide bonds. The van der Waals surface area contributed by atoms with Gasteiger partial charge in [-0.05, 0) is 18.2 Å². The second-order valence-electron chi connectivity index (χ2n) is 6.40. The standard InChI is InChI=1S/C18H21FN4O4/c1-21-16-11(17(25)22(2)18(21)26)10-14(23(16)8-9-27-3)15(24)20-13-7-5-4-6-12(13)19/h4-7,10-11,16H,8-9H2,1-3H3,(H,20,24). The van der Waals surface area contributed by atoms with E-state index in [4.69, 9.17) is 4.74 Å². The topological polar surface area (TPSA) is 82.2 Å². The minimum Gasteiger partial charge on any atom is -0.383 e. The number of hydrogen-bond donors (Lipinski definition) is 1. The Morgan fingerprint density at radius 1 is 1.26 bits per heavy atom. The lowest BCUT2D eigenvalue weighted by atomic mass is 10.0. The Labute approximate surface area is 156 Å². The normalized spacial score (nSPS) is 22.1. The molecule has 144 valence electrons. The fourth-order valence-corrected chi connectivity index (χ4v) is 3.40. The lowest BCUT2D eigenvalue weighted by Gasteiger charge is -2.43. The number of imide groups is 1. The molecule has 8 nitrogen and oxygen atoms in total. The number of hydrogen-bond acceptors (Lipinski definition) is 5. The van der Waals surface area contributed by atoms with Crippen LogP contribution in [0.4, 0.5) is 14.9 Å². The Morgan fingerprint density at radius 3 is 2.63 bits per heavy atom. The Hall–Kier alpha value is -2.94. The van der Waals surface area contributed by atoms with Gasteiger partial charge in [0, 0.05) is 27.7 Å². The molecule has 2 heterocycles. The molecule has 1 fully saturated rings. The molecule has 0 spiro atoms. The highest BCUT2D eigenvalue weighted by Crippen LogP contribution is 2.34. The van der Waals surface area contributed by atoms with Crippen LogP contribution in [0.25, 0.3) is 0 Å². The van der Waals surface area contributed by atoms with Crippen molar-refractivity contribution in [3.8, 4) is 0 Å². The third-order valence-corrected chi connectivity index (χ3v) is 4.78. The van der Waals surface area contributed by atoms with E-state index in [1.165, 1.54) is 43.3 Å². The zero-order valence-corrected chi connectivity index (χ0v) is 15.3. The number of carbonyl (C=O) groups excluding carboxylic acids is 3. The van der Waals surface area contributed by atoms with Crippen molar-refractivity contribution in [2.45, 2.75) is 6.17 Å². The molecule has 1 aromatic rings. The summed E-state index contributed by atoms with van der Waals surface area (Å²) in [6.07, 6.45) is 0.899. The van der Waals surface area contributed by atoms with Crippen LogP contribution in [0.15, 0.2) is 36.0 Å². The third-order valence-electron chi connectivity index (χ3n) is 4.78. The van der Waals surface area contributed by atoms with Gasteiger partial charge in [-0.3, -0.25) is 14.5 Å². The molecule has 2 aliphatic rings. The SMILES string of the molecule is COCCN1C(C(=O)Nc2ccccc2F)=CC2C(=O)N(C)C(=O)N(C)C21. The number of amides is 4. The van der Waals surface area contributed by atoms with Crippen LogP contribution in [-0.4, -0.2) is 73.1 Å². The van der Waals surface area contributed by atoms with Gasteiger partial charge in [0.05, 0.1) is 18.2 Å². The molecule has 0 radical (unpaired) electrons. The summed E-state index contributed by atoms with van der Waals surface area (Å²) in [6, 6.07) is 5.37. The van der Waals surface area contributed by atoms with Gasteiger partial charge in [-0.25, -0.2) is 9.18 Å². The summed E-state index contributed by atoms with van der Waals surface area (Å²) in [5.41, 5.74) is 0.242. The number of nitrogens with zero attached hydrogens (tertiary/aromatic N) is 3. The fourth-order valence-electron chi connectivity index (χ4n) is 3.40. The third kappa shape index (κ3) is 3.25. The summed E-state index contributed by atoms with van der Waals surface area (Å²) >= 11 is 0. The molecule has 27 heavy (non-hydrogen) atoms. The molecule has 1 N–H and O–H groups in total. The van der Waals surface area contributed by atoms with E-state index in [1.807, 2.05) is 0 Å². The van der Waals surface area contributed by atoms with Crippen LogP contribution in [0.2, 0.25) is 0 Å². The van der Waals surface area contributed by atoms with Gasteiger partial charge in [0.2, 0.25) is 5.91 Å². The second-order valence-corrected chi connectivity index (χ2v) is 6.40. The monoisotopic (exact) mass is 376 g/mol. The van der Waals surface area contributed by atoms with Crippen molar-refractivity contribution in [3.63, 3.8) is 0 Å². The first kappa shape index (κ1) is 18.8. The lowest BCUT2D eigenvalue weighted by Crippen LogP contribution is -2.62. The van der Waals surface area contributed by atoms with Gasteiger partial charge in [0.25, 0.3) is 5.91 Å². The Balaban J connectivity index is 1.92. The highest BCUT2D eigenvalue weighted by Gasteiger charge is 2.50. The van der Waals surface area contributed by atoms with Crippen molar-refractivity contribution in [3.05, 3.63) is 41.9 Å². The summed E-state index contributed by atoms with van der Waals surface area (Å²) in [5.74, 6) is -2.19. The largest absolute Gasteiger partial charge is 0.383 e. The molecule has 2 aliphatic heterocycles. The van der Waals surface area contributed by atoms with E-state index in [1.54, 1.807) is 18.0 Å². The van der Waals surface area contributed by atoms with Crippen molar-refractivity contribution in [2.75, 3.05) is 39.7 Å². The molecule has 2 atom stereocenters. The van der Waals surface area contributed by atoms with Gasteiger partial charge in [-0.2, -0.15) is 0 Å². The van der Waals surface area contributed by atoms with Crippen LogP contribution in [0, 0.1) is 11.7 Å². The first-order valence-corrected chi connectivity index (χ1v) is 8.44. The van der Waals surface area contributed by atoms with Crippen molar-refractivity contribution in [1.29, 1.82) is 0 Å². The van der Waals surface area contributed by atoms with Gasteiger partial charge in [-0.1, -0.05) is 12.1 Å². The van der Waals surface area contributed by atoms with Gasteiger partial charge in [0.15, 0.2) is 0 Å². The van der Waals surface area contributed by atoms with Gasteiger partial charge in [0.1, 0.15) is 17.7 Å². The van der Waals surface area contributed by atoms with Crippen LogP contribution in [-0.2, 0) is 14.3 Å². The number of halogens is 1. The van der Waals surface area contributed by atoms with E-state index >= 15 is 0 Å². The number of methoxy groups -OCH3 is 1. The van der Waals surface area contributed by atoms with Crippen molar-refractivity contribution in [2.24, 2.45) is 5.92 Å². The van der Waals surface area contributed by atoms with E-state index in [2.05, 4.69) is 5.32 Å². The number of fused-ring (bicyclic) bond motifs is 1. The van der Waals surface area contributed by atoms with Crippen molar-refractivity contribution in [1.82, 2.24) is 14.7 Å². The van der Waals surface area contributed by atoms with E-state index in [9.17, 15) is 18.8 Å². The van der Waals surface area contributed by atoms with E-state index in [0.717, 1.165) is 4.90 Å². The molecule has 3 rings (SSSR count). The highest BCUT2D eigenvalue weighted by molar-refractivity contribution is 6.06. The van der Waals surface area contributed by atoms with E-state index < -0.39 is 29.8 Å². The number of nitrogens with one attached hydrogen (secondary N) is 1. The first-order valence-electron chi connectivity index (χ1n) is 8.44. The quantitative estimate of drug-likeness (QED) is 0.832. The number of carbonyl (C=O) groups is 3. The van der Waals surface area contributed by atoms with Gasteiger partial charge < -0.3 is 19.9 Å². The van der Waals surface area contributed by atoms with Gasteiger partial charge >= 0.3 is 6.03 Å². The molecule has 0 bridgehead atoms. The average molecular weight is 376 g/mol. The average Bonchev–Trinajstić information content (AvgIpc) is 3.04. The molecule has 9 heteroatoms. The highest BCUT2D eigenvalue weighted by atomic mass is 19.1. The Morgan fingerprint density at radius 2 is 1.96 bits per heavy atom. The number of anilines is 1. The zero-order valence-electron chi connectivity index (χ0n) is 15.3. The minimum atomic E-state index is -0.684. The maximum absolute atomic E-state index is 13.9. The van der Waals surface area contributed by atoms with Crippen LogP contribution in [0.1, 0.15) is 0 Å². The predicted octanol–water partition coefficient (Wildman–Crippen LogP) is 1.08. The lowest BCUT2D eigenvalue weighted by molar-refractivity contribution is -0.137. The smallest absolute Gasteiger partial charge is 0.327 e. The molecule has 0 aromatic heterocycles. The first-order chi connectivity index (χ1) is 12.9. The Kier molecular flexibility index (Phi) is 5.13. The van der Waals surface area contributed by atoms with E-state index in [-0.39, 0.29) is 17.3 Å². The number of urea groups is 1. The summed E-state index contributed by atoms with van der Waals surface area (Å²) in [4.78, 5) is 41.8. The molecule has 1 saturated heterocycles. The molecule has 0 saturated carbocycles. The fraction of sp³-hybridized carbons (Fsp3) is 0.389. The van der Waals surface area contributed by atoms with Gasteiger partial charge in [-0.15, -0.1) is 0 Å². The molecule has 2 unspecified atom stereocenters. The maximum Gasteiger partial charge on any atom is 0.327 e.